The molecule has 0 spiro atoms. The van der Waals surface area contributed by atoms with Crippen molar-refractivity contribution in [3.8, 4) is 22.4 Å². The third kappa shape index (κ3) is 4.33. The minimum absolute atomic E-state index is 0.0233. The van der Waals surface area contributed by atoms with E-state index in [1.807, 2.05) is 11.3 Å². The van der Waals surface area contributed by atoms with Gasteiger partial charge >= 0.3 is 0 Å². The topological polar surface area (TPSA) is 26.0 Å². The summed E-state index contributed by atoms with van der Waals surface area (Å²) < 4.78 is 7.53. The van der Waals surface area contributed by atoms with Crippen LogP contribution in [0.3, 0.4) is 0 Å². The van der Waals surface area contributed by atoms with Crippen LogP contribution in [0.15, 0.2) is 71.1 Å². The summed E-state index contributed by atoms with van der Waals surface area (Å²) >= 11 is 1.84. The Hall–Kier alpha value is -3.43. The predicted octanol–water partition coefficient (Wildman–Crippen LogP) is 10.6. The molecule has 0 aliphatic rings. The monoisotopic (exact) mass is 517 g/mol. The van der Waals surface area contributed by atoms with Crippen LogP contribution in [0.1, 0.15) is 56.4 Å². The number of furan rings is 1. The number of thiophene rings is 1. The highest BCUT2D eigenvalue weighted by Gasteiger charge is 2.21. The van der Waals surface area contributed by atoms with Crippen LogP contribution in [-0.4, -0.2) is 4.98 Å². The average Bonchev–Trinajstić information content (AvgIpc) is 3.40. The van der Waals surface area contributed by atoms with E-state index in [4.69, 9.17) is 9.40 Å². The second-order valence-corrected chi connectivity index (χ2v) is 13.3. The largest absolute Gasteiger partial charge is 0.461 e. The highest BCUT2D eigenvalue weighted by atomic mass is 32.1. The first kappa shape index (κ1) is 24.9. The molecule has 0 unspecified atom stereocenters. The number of rotatable bonds is 4. The number of benzene rings is 3. The summed E-state index contributed by atoms with van der Waals surface area (Å²) in [6.07, 6.45) is 0.953. The van der Waals surface area contributed by atoms with E-state index in [0.717, 1.165) is 34.4 Å². The van der Waals surface area contributed by atoms with Gasteiger partial charge in [-0.25, -0.2) is 4.98 Å². The molecule has 0 aliphatic carbocycles. The molecule has 0 fully saturated rings. The maximum Gasteiger partial charge on any atom is 0.134 e. The SMILES string of the molecule is Cc1sc2c(-c3ccc4cc(CC(C)C)oc4c3)cc(-c3cc(C(C)(C)C)c4ccccc4c3)nc2c1C. The number of pyridine rings is 1. The molecule has 0 aliphatic heterocycles. The van der Waals surface area contributed by atoms with E-state index >= 15 is 0 Å². The summed E-state index contributed by atoms with van der Waals surface area (Å²) in [5.41, 5.74) is 9.28. The van der Waals surface area contributed by atoms with Crippen molar-refractivity contribution in [3.05, 3.63) is 88.5 Å². The molecule has 3 heterocycles. The van der Waals surface area contributed by atoms with Gasteiger partial charge in [-0.3, -0.25) is 0 Å². The Balaban J connectivity index is 1.59. The fourth-order valence-corrected chi connectivity index (χ4v) is 6.62. The Morgan fingerprint density at radius 3 is 2.42 bits per heavy atom. The number of aromatic nitrogens is 1. The highest BCUT2D eigenvalue weighted by molar-refractivity contribution is 7.19. The zero-order valence-electron chi connectivity index (χ0n) is 23.4. The molecule has 3 aromatic heterocycles. The first-order valence-electron chi connectivity index (χ1n) is 13.6. The molecule has 0 N–H and O–H groups in total. The van der Waals surface area contributed by atoms with Crippen molar-refractivity contribution in [2.24, 2.45) is 5.92 Å². The van der Waals surface area contributed by atoms with Gasteiger partial charge in [0.1, 0.15) is 11.3 Å². The molecule has 0 atom stereocenters. The Kier molecular flexibility index (Phi) is 5.96. The lowest BCUT2D eigenvalue weighted by Crippen LogP contribution is -2.12. The molecule has 2 nitrogen and oxygen atoms in total. The second-order valence-electron chi connectivity index (χ2n) is 12.1. The Bertz CT molecular complexity index is 1830. The van der Waals surface area contributed by atoms with Crippen LogP contribution in [-0.2, 0) is 11.8 Å². The Labute approximate surface area is 229 Å². The van der Waals surface area contributed by atoms with E-state index < -0.39 is 0 Å². The lowest BCUT2D eigenvalue weighted by molar-refractivity contribution is 0.500. The van der Waals surface area contributed by atoms with E-state index in [9.17, 15) is 0 Å². The number of hydrogen-bond donors (Lipinski definition) is 0. The molecule has 0 saturated carbocycles. The van der Waals surface area contributed by atoms with Crippen LogP contribution in [0.2, 0.25) is 0 Å². The van der Waals surface area contributed by atoms with Crippen molar-refractivity contribution < 1.29 is 4.42 Å². The first-order valence-corrected chi connectivity index (χ1v) is 14.4. The summed E-state index contributed by atoms with van der Waals surface area (Å²) in [5.74, 6) is 1.62. The molecule has 38 heavy (non-hydrogen) atoms. The molecule has 0 amide bonds. The molecular formula is C35H35NOS. The van der Waals surface area contributed by atoms with Crippen molar-refractivity contribution in [1.82, 2.24) is 4.98 Å². The smallest absolute Gasteiger partial charge is 0.134 e. The molecule has 3 aromatic carbocycles. The standard InChI is InChI=1S/C35H35NOS/c1-20(2)14-27-16-25-13-12-24(18-32(25)37-27)29-19-31(36-33-21(3)22(4)38-34(29)33)26-15-23-10-8-9-11-28(23)30(17-26)35(5,6)7/h8-13,15-20H,14H2,1-7H3. The molecule has 3 heteroatoms. The minimum atomic E-state index is 0.0233. The summed E-state index contributed by atoms with van der Waals surface area (Å²) in [6, 6.07) is 24.5. The average molecular weight is 518 g/mol. The Morgan fingerprint density at radius 2 is 1.66 bits per heavy atom. The third-order valence-corrected chi connectivity index (χ3v) is 8.80. The van der Waals surface area contributed by atoms with Crippen LogP contribution < -0.4 is 0 Å². The van der Waals surface area contributed by atoms with E-state index in [1.54, 1.807) is 0 Å². The van der Waals surface area contributed by atoms with Crippen molar-refractivity contribution in [1.29, 1.82) is 0 Å². The fraction of sp³-hybridized carbons (Fsp3) is 0.286. The van der Waals surface area contributed by atoms with Crippen LogP contribution >= 0.6 is 11.3 Å². The molecule has 0 saturated heterocycles. The quantitative estimate of drug-likeness (QED) is 0.232. The maximum atomic E-state index is 6.29. The van der Waals surface area contributed by atoms with Gasteiger partial charge in [0, 0.05) is 27.8 Å². The highest BCUT2D eigenvalue weighted by Crippen LogP contribution is 2.41. The maximum absolute atomic E-state index is 6.29. The van der Waals surface area contributed by atoms with Gasteiger partial charge in [-0.1, -0.05) is 71.0 Å². The van der Waals surface area contributed by atoms with Gasteiger partial charge in [0.15, 0.2) is 0 Å². The minimum Gasteiger partial charge on any atom is -0.461 e. The number of aryl methyl sites for hydroxylation is 2. The lowest BCUT2D eigenvalue weighted by atomic mass is 9.82. The number of nitrogens with zero attached hydrogens (tertiary/aromatic N) is 1. The summed E-state index contributed by atoms with van der Waals surface area (Å²) in [4.78, 5) is 6.59. The van der Waals surface area contributed by atoms with E-state index in [-0.39, 0.29) is 5.41 Å². The summed E-state index contributed by atoms with van der Waals surface area (Å²) in [6.45, 7) is 15.7. The molecule has 6 aromatic rings. The number of hydrogen-bond acceptors (Lipinski definition) is 3. The summed E-state index contributed by atoms with van der Waals surface area (Å²) in [7, 11) is 0. The van der Waals surface area contributed by atoms with Crippen LogP contribution in [0.4, 0.5) is 0 Å². The van der Waals surface area contributed by atoms with Crippen molar-refractivity contribution in [2.75, 3.05) is 0 Å². The predicted molar refractivity (Wildman–Crippen MR) is 164 cm³/mol. The number of fused-ring (bicyclic) bond motifs is 3. The van der Waals surface area contributed by atoms with E-state index in [2.05, 4.69) is 115 Å². The van der Waals surface area contributed by atoms with Gasteiger partial charge in [0.25, 0.3) is 0 Å². The lowest BCUT2D eigenvalue weighted by Gasteiger charge is -2.23. The molecule has 192 valence electrons. The van der Waals surface area contributed by atoms with Crippen molar-refractivity contribution in [2.45, 2.75) is 60.3 Å². The normalized spacial score (nSPS) is 12.4. The fourth-order valence-electron chi connectivity index (χ4n) is 5.49. The second kappa shape index (κ2) is 9.10. The van der Waals surface area contributed by atoms with Gasteiger partial charge in [-0.2, -0.15) is 0 Å². The van der Waals surface area contributed by atoms with Gasteiger partial charge in [-0.05, 0) is 83.0 Å². The first-order chi connectivity index (χ1) is 18.1. The summed E-state index contributed by atoms with van der Waals surface area (Å²) in [5, 5.41) is 3.73. The van der Waals surface area contributed by atoms with Gasteiger partial charge in [0.2, 0.25) is 0 Å². The molecular weight excluding hydrogens is 482 g/mol. The van der Waals surface area contributed by atoms with Gasteiger partial charge < -0.3 is 4.42 Å². The van der Waals surface area contributed by atoms with E-state index in [1.165, 1.54) is 48.2 Å². The van der Waals surface area contributed by atoms with Crippen molar-refractivity contribution in [3.63, 3.8) is 0 Å². The van der Waals surface area contributed by atoms with Crippen LogP contribution in [0, 0.1) is 19.8 Å². The van der Waals surface area contributed by atoms with Gasteiger partial charge in [0.05, 0.1) is 15.9 Å². The zero-order valence-corrected chi connectivity index (χ0v) is 24.2. The van der Waals surface area contributed by atoms with Crippen LogP contribution in [0.25, 0.3) is 54.3 Å². The molecule has 0 radical (unpaired) electrons. The van der Waals surface area contributed by atoms with Crippen molar-refractivity contribution >= 4 is 43.3 Å². The molecule has 0 bridgehead atoms. The molecule has 6 rings (SSSR count). The zero-order chi connectivity index (χ0) is 26.8. The van der Waals surface area contributed by atoms with Gasteiger partial charge in [-0.15, -0.1) is 11.3 Å². The Morgan fingerprint density at radius 1 is 0.868 bits per heavy atom. The van der Waals surface area contributed by atoms with Crippen LogP contribution in [0.5, 0.6) is 0 Å². The third-order valence-electron chi connectivity index (χ3n) is 7.57. The van der Waals surface area contributed by atoms with E-state index in [0.29, 0.717) is 5.92 Å².